The normalized spacial score (nSPS) is 15.2. The largest absolute Gasteiger partial charge is 0.379 e. The highest BCUT2D eigenvalue weighted by atomic mass is 16.5. The summed E-state index contributed by atoms with van der Waals surface area (Å²) >= 11 is 0. The summed E-state index contributed by atoms with van der Waals surface area (Å²) in [5.74, 6) is -0.201. The number of unbranched alkanes of at least 4 members (excludes halogenated alkanes) is 1. The molecule has 23 heavy (non-hydrogen) atoms. The van der Waals surface area contributed by atoms with Crippen LogP contribution in [0.1, 0.15) is 30.1 Å². The molecular formula is C17H25N3O3. The van der Waals surface area contributed by atoms with E-state index >= 15 is 0 Å². The number of carbonyl (C=O) groups is 2. The van der Waals surface area contributed by atoms with Crippen LogP contribution >= 0.6 is 0 Å². The van der Waals surface area contributed by atoms with Crippen molar-refractivity contribution in [3.8, 4) is 0 Å². The van der Waals surface area contributed by atoms with E-state index in [2.05, 4.69) is 15.5 Å². The van der Waals surface area contributed by atoms with Gasteiger partial charge in [-0.05, 0) is 43.7 Å². The van der Waals surface area contributed by atoms with Crippen LogP contribution < -0.4 is 10.6 Å². The van der Waals surface area contributed by atoms with E-state index in [1.165, 1.54) is 6.92 Å². The van der Waals surface area contributed by atoms with Crippen LogP contribution in [0.2, 0.25) is 0 Å². The fourth-order valence-corrected chi connectivity index (χ4v) is 2.50. The van der Waals surface area contributed by atoms with Crippen LogP contribution in [0.5, 0.6) is 0 Å². The molecule has 1 saturated heterocycles. The van der Waals surface area contributed by atoms with Crippen LogP contribution in [0.4, 0.5) is 5.69 Å². The first kappa shape index (κ1) is 17.4. The Morgan fingerprint density at radius 1 is 1.13 bits per heavy atom. The minimum atomic E-state index is -0.123. The summed E-state index contributed by atoms with van der Waals surface area (Å²) in [4.78, 5) is 25.4. The van der Waals surface area contributed by atoms with E-state index < -0.39 is 0 Å². The lowest BCUT2D eigenvalue weighted by atomic mass is 10.2. The van der Waals surface area contributed by atoms with E-state index in [0.29, 0.717) is 17.8 Å². The molecule has 1 aliphatic rings. The van der Waals surface area contributed by atoms with Gasteiger partial charge in [-0.15, -0.1) is 0 Å². The van der Waals surface area contributed by atoms with E-state index in [0.717, 1.165) is 45.7 Å². The third kappa shape index (κ3) is 6.38. The van der Waals surface area contributed by atoms with Crippen LogP contribution in [0, 0.1) is 0 Å². The maximum Gasteiger partial charge on any atom is 0.251 e. The average Bonchev–Trinajstić information content (AvgIpc) is 2.55. The summed E-state index contributed by atoms with van der Waals surface area (Å²) in [7, 11) is 0. The van der Waals surface area contributed by atoms with Gasteiger partial charge in [0.25, 0.3) is 5.91 Å². The second-order valence-corrected chi connectivity index (χ2v) is 5.68. The number of rotatable bonds is 7. The molecule has 1 heterocycles. The van der Waals surface area contributed by atoms with E-state index in [1.54, 1.807) is 24.3 Å². The second kappa shape index (κ2) is 9.27. The number of nitrogens with one attached hydrogen (secondary N) is 2. The van der Waals surface area contributed by atoms with Gasteiger partial charge in [-0.1, -0.05) is 0 Å². The summed E-state index contributed by atoms with van der Waals surface area (Å²) in [5.41, 5.74) is 1.30. The smallest absolute Gasteiger partial charge is 0.251 e. The molecule has 1 aromatic carbocycles. The zero-order valence-corrected chi connectivity index (χ0v) is 13.6. The van der Waals surface area contributed by atoms with Gasteiger partial charge < -0.3 is 15.4 Å². The number of amides is 2. The fourth-order valence-electron chi connectivity index (χ4n) is 2.50. The standard InChI is InChI=1S/C17H25N3O3/c1-14(21)19-16-6-4-15(5-7-16)17(22)18-8-2-3-9-20-10-12-23-13-11-20/h4-7H,2-3,8-13H2,1H3,(H,18,22)(H,19,21). The highest BCUT2D eigenvalue weighted by Gasteiger charge is 2.09. The number of nitrogens with zero attached hydrogens (tertiary/aromatic N) is 1. The third-order valence-corrected chi connectivity index (χ3v) is 3.76. The number of carbonyl (C=O) groups excluding carboxylic acids is 2. The van der Waals surface area contributed by atoms with Crippen molar-refractivity contribution in [1.82, 2.24) is 10.2 Å². The first-order valence-electron chi connectivity index (χ1n) is 8.11. The molecule has 2 N–H and O–H groups in total. The molecule has 0 unspecified atom stereocenters. The minimum Gasteiger partial charge on any atom is -0.379 e. The second-order valence-electron chi connectivity index (χ2n) is 5.68. The van der Waals surface area contributed by atoms with Gasteiger partial charge in [0, 0.05) is 37.8 Å². The molecule has 126 valence electrons. The van der Waals surface area contributed by atoms with Crippen molar-refractivity contribution in [2.24, 2.45) is 0 Å². The van der Waals surface area contributed by atoms with Crippen molar-refractivity contribution in [2.45, 2.75) is 19.8 Å². The zero-order valence-electron chi connectivity index (χ0n) is 13.6. The first-order chi connectivity index (χ1) is 11.1. The molecule has 1 aliphatic heterocycles. The maximum atomic E-state index is 12.0. The molecule has 2 rings (SSSR count). The van der Waals surface area contributed by atoms with E-state index in [4.69, 9.17) is 4.74 Å². The van der Waals surface area contributed by atoms with Crippen molar-refractivity contribution in [1.29, 1.82) is 0 Å². The maximum absolute atomic E-state index is 12.0. The van der Waals surface area contributed by atoms with Gasteiger partial charge in [0.2, 0.25) is 5.91 Å². The molecular weight excluding hydrogens is 294 g/mol. The van der Waals surface area contributed by atoms with Gasteiger partial charge in [-0.2, -0.15) is 0 Å². The Labute approximate surface area is 137 Å². The SMILES string of the molecule is CC(=O)Nc1ccc(C(=O)NCCCCN2CCOCC2)cc1. The molecule has 0 spiro atoms. The van der Waals surface area contributed by atoms with E-state index in [1.807, 2.05) is 0 Å². The highest BCUT2D eigenvalue weighted by Crippen LogP contribution is 2.09. The lowest BCUT2D eigenvalue weighted by Crippen LogP contribution is -2.37. The Kier molecular flexibility index (Phi) is 7.03. The zero-order chi connectivity index (χ0) is 16.5. The van der Waals surface area contributed by atoms with Crippen LogP contribution in [0.25, 0.3) is 0 Å². The van der Waals surface area contributed by atoms with E-state index in [9.17, 15) is 9.59 Å². The average molecular weight is 319 g/mol. The molecule has 0 aliphatic carbocycles. The monoisotopic (exact) mass is 319 g/mol. The van der Waals surface area contributed by atoms with E-state index in [-0.39, 0.29) is 11.8 Å². The van der Waals surface area contributed by atoms with Crippen LogP contribution in [0.15, 0.2) is 24.3 Å². The van der Waals surface area contributed by atoms with Crippen LogP contribution in [0.3, 0.4) is 0 Å². The lowest BCUT2D eigenvalue weighted by molar-refractivity contribution is -0.114. The Bertz CT molecular complexity index is 510. The van der Waals surface area contributed by atoms with Crippen LogP contribution in [-0.2, 0) is 9.53 Å². The van der Waals surface area contributed by atoms with Gasteiger partial charge in [-0.3, -0.25) is 14.5 Å². The fraction of sp³-hybridized carbons (Fsp3) is 0.529. The molecule has 6 nitrogen and oxygen atoms in total. The number of benzene rings is 1. The van der Waals surface area contributed by atoms with Gasteiger partial charge in [0.1, 0.15) is 0 Å². The summed E-state index contributed by atoms with van der Waals surface area (Å²) in [6.45, 7) is 6.86. The van der Waals surface area contributed by atoms with Crippen molar-refractivity contribution < 1.29 is 14.3 Å². The van der Waals surface area contributed by atoms with Crippen molar-refractivity contribution in [3.05, 3.63) is 29.8 Å². The van der Waals surface area contributed by atoms with Crippen LogP contribution in [-0.4, -0.2) is 56.1 Å². The molecule has 0 saturated carbocycles. The van der Waals surface area contributed by atoms with Gasteiger partial charge in [0.15, 0.2) is 0 Å². The Balaban J connectivity index is 1.63. The van der Waals surface area contributed by atoms with Crippen molar-refractivity contribution >= 4 is 17.5 Å². The quantitative estimate of drug-likeness (QED) is 0.747. The number of ether oxygens (including phenoxy) is 1. The molecule has 2 amide bonds. The summed E-state index contributed by atoms with van der Waals surface area (Å²) < 4.78 is 5.32. The number of morpholine rings is 1. The summed E-state index contributed by atoms with van der Waals surface area (Å²) in [5, 5.41) is 5.61. The first-order valence-corrected chi connectivity index (χ1v) is 8.11. The van der Waals surface area contributed by atoms with Gasteiger partial charge in [-0.25, -0.2) is 0 Å². The Morgan fingerprint density at radius 2 is 1.83 bits per heavy atom. The van der Waals surface area contributed by atoms with Gasteiger partial charge in [0.05, 0.1) is 13.2 Å². The molecule has 1 aromatic rings. The summed E-state index contributed by atoms with van der Waals surface area (Å²) in [6.07, 6.45) is 2.04. The lowest BCUT2D eigenvalue weighted by Gasteiger charge is -2.26. The number of hydrogen-bond donors (Lipinski definition) is 2. The number of hydrogen-bond acceptors (Lipinski definition) is 4. The highest BCUT2D eigenvalue weighted by molar-refractivity contribution is 5.95. The molecule has 6 heteroatoms. The predicted molar refractivity (Wildman–Crippen MR) is 89.6 cm³/mol. The predicted octanol–water partition coefficient (Wildman–Crippen LogP) is 1.49. The van der Waals surface area contributed by atoms with Crippen molar-refractivity contribution in [2.75, 3.05) is 44.7 Å². The third-order valence-electron chi connectivity index (χ3n) is 3.76. The molecule has 0 radical (unpaired) electrons. The molecule has 0 aromatic heterocycles. The van der Waals surface area contributed by atoms with Gasteiger partial charge >= 0.3 is 0 Å². The molecule has 0 atom stereocenters. The Morgan fingerprint density at radius 3 is 2.48 bits per heavy atom. The summed E-state index contributed by atoms with van der Waals surface area (Å²) in [6, 6.07) is 6.89. The molecule has 1 fully saturated rings. The Hall–Kier alpha value is -1.92. The van der Waals surface area contributed by atoms with Crippen molar-refractivity contribution in [3.63, 3.8) is 0 Å². The number of anilines is 1. The molecule has 0 bridgehead atoms. The minimum absolute atomic E-state index is 0.0780. The topological polar surface area (TPSA) is 70.7 Å².